The molecule has 0 fully saturated rings. The van der Waals surface area contributed by atoms with Crippen molar-refractivity contribution in [3.8, 4) is 11.5 Å². The molecule has 0 spiro atoms. The lowest BCUT2D eigenvalue weighted by molar-refractivity contribution is 0.382. The van der Waals surface area contributed by atoms with E-state index in [9.17, 15) is 8.42 Å². The Kier molecular flexibility index (Phi) is 4.22. The Hall–Kier alpha value is -2.52. The fraction of sp³-hybridized carbons (Fsp3) is 0.214. The highest BCUT2D eigenvalue weighted by atomic mass is 32.2. The molecule has 2 heterocycles. The molecule has 1 N–H and O–H groups in total. The second kappa shape index (κ2) is 6.31. The Labute approximate surface area is 132 Å². The summed E-state index contributed by atoms with van der Waals surface area (Å²) < 4.78 is 36.7. The fourth-order valence-electron chi connectivity index (χ4n) is 2.00. The quantitative estimate of drug-likeness (QED) is 0.729. The van der Waals surface area contributed by atoms with E-state index in [1.165, 1.54) is 18.3 Å². The van der Waals surface area contributed by atoms with Crippen molar-refractivity contribution >= 4 is 10.0 Å². The van der Waals surface area contributed by atoms with Gasteiger partial charge in [0.1, 0.15) is 5.76 Å². The van der Waals surface area contributed by atoms with E-state index in [2.05, 4.69) is 20.0 Å². The number of hydrogen-bond acceptors (Lipinski definition) is 7. The van der Waals surface area contributed by atoms with Crippen LogP contribution >= 0.6 is 0 Å². The van der Waals surface area contributed by atoms with Gasteiger partial charge in [0.05, 0.1) is 17.5 Å². The van der Waals surface area contributed by atoms with Crippen molar-refractivity contribution in [3.05, 3.63) is 48.1 Å². The Morgan fingerprint density at radius 3 is 2.83 bits per heavy atom. The van der Waals surface area contributed by atoms with Gasteiger partial charge in [-0.15, -0.1) is 0 Å². The van der Waals surface area contributed by atoms with Gasteiger partial charge in [0.25, 0.3) is 5.89 Å². The first-order valence-electron chi connectivity index (χ1n) is 6.91. The number of benzene rings is 1. The van der Waals surface area contributed by atoms with Gasteiger partial charge in [0, 0.05) is 18.2 Å². The third-order valence-electron chi connectivity index (χ3n) is 3.02. The van der Waals surface area contributed by atoms with Crippen molar-refractivity contribution in [3.63, 3.8) is 0 Å². The Morgan fingerprint density at radius 2 is 2.09 bits per heavy atom. The molecule has 0 bridgehead atoms. The summed E-state index contributed by atoms with van der Waals surface area (Å²) in [5.41, 5.74) is 0.528. The van der Waals surface area contributed by atoms with Crippen LogP contribution in [-0.4, -0.2) is 30.3 Å². The molecular formula is C14H14N4O4S. The van der Waals surface area contributed by atoms with Crippen LogP contribution in [0.5, 0.6) is 0 Å². The highest BCUT2D eigenvalue weighted by Crippen LogP contribution is 2.21. The monoisotopic (exact) mass is 334 g/mol. The maximum absolute atomic E-state index is 12.0. The standard InChI is InChI=1S/C14H14N4O4S/c1-2-16-23(19,20)12-5-3-4-10(8-12)14-17-13(18-22-14)9-11-6-7-15-21-11/h3-8,16H,2,9H2,1H3. The SMILES string of the molecule is CCNS(=O)(=O)c1cccc(-c2nc(Cc3ccno3)no2)c1. The lowest BCUT2D eigenvalue weighted by atomic mass is 10.2. The zero-order valence-electron chi connectivity index (χ0n) is 12.3. The van der Waals surface area contributed by atoms with Crippen molar-refractivity contribution in [1.29, 1.82) is 0 Å². The average Bonchev–Trinajstić information content (AvgIpc) is 3.20. The summed E-state index contributed by atoms with van der Waals surface area (Å²) in [6.07, 6.45) is 1.88. The minimum absolute atomic E-state index is 0.145. The topological polar surface area (TPSA) is 111 Å². The van der Waals surface area contributed by atoms with Crippen LogP contribution in [0.4, 0.5) is 0 Å². The smallest absolute Gasteiger partial charge is 0.257 e. The van der Waals surface area contributed by atoms with Crippen LogP contribution in [-0.2, 0) is 16.4 Å². The van der Waals surface area contributed by atoms with Crippen LogP contribution in [0.25, 0.3) is 11.5 Å². The van der Waals surface area contributed by atoms with Crippen LogP contribution in [0.2, 0.25) is 0 Å². The van der Waals surface area contributed by atoms with Crippen molar-refractivity contribution < 1.29 is 17.5 Å². The van der Waals surface area contributed by atoms with Gasteiger partial charge in [-0.05, 0) is 18.2 Å². The molecule has 0 saturated heterocycles. The van der Waals surface area contributed by atoms with Gasteiger partial charge in [0.2, 0.25) is 10.0 Å². The zero-order chi connectivity index (χ0) is 16.3. The van der Waals surface area contributed by atoms with Crippen LogP contribution in [0, 0.1) is 0 Å². The number of nitrogens with one attached hydrogen (secondary N) is 1. The minimum atomic E-state index is -3.54. The minimum Gasteiger partial charge on any atom is -0.361 e. The largest absolute Gasteiger partial charge is 0.361 e. The second-order valence-corrected chi connectivity index (χ2v) is 6.47. The first-order chi connectivity index (χ1) is 11.1. The lowest BCUT2D eigenvalue weighted by Gasteiger charge is -2.04. The molecule has 0 aliphatic rings. The van der Waals surface area contributed by atoms with E-state index in [0.717, 1.165) is 0 Å². The third-order valence-corrected chi connectivity index (χ3v) is 4.56. The summed E-state index contributed by atoms with van der Waals surface area (Å²) in [6, 6.07) is 8.03. The maximum Gasteiger partial charge on any atom is 0.257 e. The van der Waals surface area contributed by atoms with E-state index in [1.807, 2.05) is 0 Å². The number of aromatic nitrogens is 3. The molecule has 0 aliphatic heterocycles. The molecule has 0 amide bonds. The van der Waals surface area contributed by atoms with E-state index >= 15 is 0 Å². The third kappa shape index (κ3) is 3.46. The molecule has 23 heavy (non-hydrogen) atoms. The van der Waals surface area contributed by atoms with Gasteiger partial charge in [0.15, 0.2) is 5.82 Å². The predicted octanol–water partition coefficient (Wildman–Crippen LogP) is 1.61. The fourth-order valence-corrected chi connectivity index (χ4v) is 3.09. The molecule has 0 unspecified atom stereocenters. The highest BCUT2D eigenvalue weighted by Gasteiger charge is 2.16. The molecule has 1 aromatic carbocycles. The van der Waals surface area contributed by atoms with Crippen molar-refractivity contribution in [2.24, 2.45) is 0 Å². The van der Waals surface area contributed by atoms with Crippen LogP contribution in [0.1, 0.15) is 18.5 Å². The predicted molar refractivity (Wildman–Crippen MR) is 79.9 cm³/mol. The van der Waals surface area contributed by atoms with Crippen LogP contribution < -0.4 is 4.72 Å². The lowest BCUT2D eigenvalue weighted by Crippen LogP contribution is -2.23. The van der Waals surface area contributed by atoms with E-state index < -0.39 is 10.0 Å². The summed E-state index contributed by atoms with van der Waals surface area (Å²) in [7, 11) is -3.54. The number of hydrogen-bond donors (Lipinski definition) is 1. The summed E-state index contributed by atoms with van der Waals surface area (Å²) in [6.45, 7) is 2.03. The molecule has 0 aliphatic carbocycles. The summed E-state index contributed by atoms with van der Waals surface area (Å²) in [4.78, 5) is 4.39. The number of sulfonamides is 1. The first kappa shape index (κ1) is 15.4. The summed E-state index contributed by atoms with van der Waals surface area (Å²) >= 11 is 0. The molecule has 0 radical (unpaired) electrons. The molecule has 0 atom stereocenters. The highest BCUT2D eigenvalue weighted by molar-refractivity contribution is 7.89. The van der Waals surface area contributed by atoms with E-state index in [-0.39, 0.29) is 10.8 Å². The second-order valence-electron chi connectivity index (χ2n) is 4.70. The first-order valence-corrected chi connectivity index (χ1v) is 8.39. The summed E-state index contributed by atoms with van der Waals surface area (Å²) in [5.74, 6) is 1.28. The zero-order valence-corrected chi connectivity index (χ0v) is 13.1. The van der Waals surface area contributed by atoms with E-state index in [0.29, 0.717) is 30.1 Å². The molecule has 0 saturated carbocycles. The van der Waals surface area contributed by atoms with Crippen molar-refractivity contribution in [2.75, 3.05) is 6.54 Å². The number of nitrogens with zero attached hydrogens (tertiary/aromatic N) is 3. The normalized spacial score (nSPS) is 11.7. The Bertz CT molecular complexity index is 887. The van der Waals surface area contributed by atoms with Gasteiger partial charge in [-0.2, -0.15) is 4.98 Å². The Balaban J connectivity index is 1.86. The van der Waals surface area contributed by atoms with Gasteiger partial charge in [-0.25, -0.2) is 13.1 Å². The average molecular weight is 334 g/mol. The van der Waals surface area contributed by atoms with Gasteiger partial charge in [-0.1, -0.05) is 23.3 Å². The van der Waals surface area contributed by atoms with Crippen molar-refractivity contribution in [1.82, 2.24) is 20.0 Å². The molecule has 3 aromatic rings. The van der Waals surface area contributed by atoms with Crippen molar-refractivity contribution in [2.45, 2.75) is 18.2 Å². The molecule has 8 nitrogen and oxygen atoms in total. The van der Waals surface area contributed by atoms with Crippen LogP contribution in [0.15, 0.2) is 50.5 Å². The van der Waals surface area contributed by atoms with E-state index in [1.54, 1.807) is 25.1 Å². The van der Waals surface area contributed by atoms with Gasteiger partial charge in [-0.3, -0.25) is 0 Å². The maximum atomic E-state index is 12.0. The molecule has 120 valence electrons. The van der Waals surface area contributed by atoms with Crippen LogP contribution in [0.3, 0.4) is 0 Å². The summed E-state index contributed by atoms with van der Waals surface area (Å²) in [5, 5.41) is 7.46. The molecule has 9 heteroatoms. The Morgan fingerprint density at radius 1 is 1.22 bits per heavy atom. The number of rotatable bonds is 6. The molecule has 2 aromatic heterocycles. The van der Waals surface area contributed by atoms with Gasteiger partial charge >= 0.3 is 0 Å². The van der Waals surface area contributed by atoms with Gasteiger partial charge < -0.3 is 9.05 Å². The van der Waals surface area contributed by atoms with E-state index in [4.69, 9.17) is 9.05 Å². The molecule has 3 rings (SSSR count). The molecular weight excluding hydrogens is 320 g/mol.